The zero-order valence-corrected chi connectivity index (χ0v) is 11.4. The van der Waals surface area contributed by atoms with Crippen LogP contribution in [0.5, 0.6) is 0 Å². The summed E-state index contributed by atoms with van der Waals surface area (Å²) in [6, 6.07) is 8.34. The molecule has 0 fully saturated rings. The maximum atomic E-state index is 12.1. The van der Waals surface area contributed by atoms with E-state index in [1.165, 1.54) is 11.3 Å². The summed E-state index contributed by atoms with van der Waals surface area (Å²) in [6.45, 7) is 5.26. The van der Waals surface area contributed by atoms with E-state index in [2.05, 4.69) is 37.4 Å². The molecule has 0 saturated carbocycles. The monoisotopic (exact) mass is 245 g/mol. The molecule has 2 heteroatoms. The van der Waals surface area contributed by atoms with Crippen molar-refractivity contribution in [1.29, 1.82) is 0 Å². The van der Waals surface area contributed by atoms with E-state index in [1.807, 2.05) is 6.07 Å². The van der Waals surface area contributed by atoms with E-state index in [4.69, 9.17) is 0 Å². The van der Waals surface area contributed by atoms with Crippen LogP contribution in [0.15, 0.2) is 24.3 Å². The Labute approximate surface area is 110 Å². The number of nitrogens with one attached hydrogen (secondary N) is 1. The Bertz CT molecular complexity index is 409. The van der Waals surface area contributed by atoms with Crippen molar-refractivity contribution >= 4 is 11.5 Å². The first-order chi connectivity index (χ1) is 8.74. The average Bonchev–Trinajstić information content (AvgIpc) is 2.79. The molecule has 98 valence electrons. The molecule has 0 aliphatic carbocycles. The Hall–Kier alpha value is -1.31. The third kappa shape index (κ3) is 2.92. The van der Waals surface area contributed by atoms with Gasteiger partial charge in [0.2, 0.25) is 0 Å². The zero-order valence-electron chi connectivity index (χ0n) is 11.4. The van der Waals surface area contributed by atoms with Gasteiger partial charge in [-0.1, -0.05) is 44.9 Å². The summed E-state index contributed by atoms with van der Waals surface area (Å²) in [5, 5.41) is 3.38. The average molecular weight is 245 g/mol. The molecule has 1 unspecified atom stereocenters. The minimum absolute atomic E-state index is 0.378. The predicted octanol–water partition coefficient (Wildman–Crippen LogP) is 3.98. The Kier molecular flexibility index (Phi) is 4.40. The number of fused-ring (bicyclic) bond motifs is 1. The molecule has 1 atom stereocenters. The third-order valence-electron chi connectivity index (χ3n) is 4.08. The summed E-state index contributed by atoms with van der Waals surface area (Å²) in [5.74, 6) is 1.37. The summed E-state index contributed by atoms with van der Waals surface area (Å²) >= 11 is 0. The van der Waals surface area contributed by atoms with Gasteiger partial charge in [-0.05, 0) is 17.5 Å². The smallest absolute Gasteiger partial charge is 0.133 e. The minimum atomic E-state index is 0.378. The van der Waals surface area contributed by atoms with Crippen molar-refractivity contribution in [1.82, 2.24) is 0 Å². The first-order valence-electron chi connectivity index (χ1n) is 7.09. The summed E-state index contributed by atoms with van der Waals surface area (Å²) < 4.78 is 0. The predicted molar refractivity (Wildman–Crippen MR) is 76.0 cm³/mol. The van der Waals surface area contributed by atoms with Gasteiger partial charge in [0.15, 0.2) is 0 Å². The van der Waals surface area contributed by atoms with E-state index in [0.717, 1.165) is 25.8 Å². The van der Waals surface area contributed by atoms with Gasteiger partial charge in [0.1, 0.15) is 5.78 Å². The number of para-hydroxylation sites is 1. The van der Waals surface area contributed by atoms with Crippen LogP contribution in [0.1, 0.15) is 51.0 Å². The van der Waals surface area contributed by atoms with Crippen LogP contribution in [0.2, 0.25) is 0 Å². The highest BCUT2D eigenvalue weighted by Crippen LogP contribution is 2.34. The number of carbonyl (C=O) groups is 1. The molecule has 1 aromatic rings. The van der Waals surface area contributed by atoms with Crippen molar-refractivity contribution in [2.24, 2.45) is 5.92 Å². The van der Waals surface area contributed by atoms with E-state index in [9.17, 15) is 4.79 Å². The third-order valence-corrected chi connectivity index (χ3v) is 4.08. The van der Waals surface area contributed by atoms with Crippen LogP contribution in [0.25, 0.3) is 0 Å². The van der Waals surface area contributed by atoms with Gasteiger partial charge < -0.3 is 5.32 Å². The van der Waals surface area contributed by atoms with E-state index < -0.39 is 0 Å². The standard InChI is InChI=1S/C16H23NO/c1-3-12(4-2)9-14(18)10-13-11-17-16-8-6-5-7-15(13)16/h5-8,12-13,17H,3-4,9-11H2,1-2H3. The number of anilines is 1. The molecule has 1 aromatic carbocycles. The lowest BCUT2D eigenvalue weighted by molar-refractivity contribution is -0.120. The Morgan fingerprint density at radius 1 is 1.33 bits per heavy atom. The molecule has 2 rings (SSSR count). The lowest BCUT2D eigenvalue weighted by atomic mass is 9.90. The fourth-order valence-electron chi connectivity index (χ4n) is 2.80. The van der Waals surface area contributed by atoms with Gasteiger partial charge in [-0.15, -0.1) is 0 Å². The molecular weight excluding hydrogens is 222 g/mol. The van der Waals surface area contributed by atoms with Crippen molar-refractivity contribution in [2.45, 2.75) is 45.4 Å². The Morgan fingerprint density at radius 2 is 2.06 bits per heavy atom. The molecule has 0 bridgehead atoms. The quantitative estimate of drug-likeness (QED) is 0.821. The molecule has 1 aliphatic heterocycles. The minimum Gasteiger partial charge on any atom is -0.384 e. The molecule has 0 saturated heterocycles. The second kappa shape index (κ2) is 6.03. The van der Waals surface area contributed by atoms with Crippen LogP contribution in [-0.4, -0.2) is 12.3 Å². The Morgan fingerprint density at radius 3 is 2.78 bits per heavy atom. The molecule has 0 spiro atoms. The second-order valence-corrected chi connectivity index (χ2v) is 5.29. The summed E-state index contributed by atoms with van der Waals surface area (Å²) in [6.07, 6.45) is 3.68. The van der Waals surface area contributed by atoms with Crippen molar-refractivity contribution in [3.8, 4) is 0 Å². The van der Waals surface area contributed by atoms with Crippen molar-refractivity contribution in [2.75, 3.05) is 11.9 Å². The van der Waals surface area contributed by atoms with Gasteiger partial charge in [-0.3, -0.25) is 4.79 Å². The topological polar surface area (TPSA) is 29.1 Å². The molecule has 1 heterocycles. The van der Waals surface area contributed by atoms with Crippen LogP contribution >= 0.6 is 0 Å². The number of benzene rings is 1. The van der Waals surface area contributed by atoms with Crippen LogP contribution in [0.3, 0.4) is 0 Å². The van der Waals surface area contributed by atoms with Gasteiger partial charge in [0.25, 0.3) is 0 Å². The maximum Gasteiger partial charge on any atom is 0.133 e. The number of ketones is 1. The van der Waals surface area contributed by atoms with Gasteiger partial charge in [0, 0.05) is 31.0 Å². The van der Waals surface area contributed by atoms with Crippen molar-refractivity contribution < 1.29 is 4.79 Å². The molecule has 0 amide bonds. The fraction of sp³-hybridized carbons (Fsp3) is 0.562. The molecule has 1 aliphatic rings. The van der Waals surface area contributed by atoms with Gasteiger partial charge in [-0.25, -0.2) is 0 Å². The van der Waals surface area contributed by atoms with Crippen molar-refractivity contribution in [3.63, 3.8) is 0 Å². The largest absolute Gasteiger partial charge is 0.384 e. The highest BCUT2D eigenvalue weighted by molar-refractivity contribution is 5.80. The van der Waals surface area contributed by atoms with Crippen LogP contribution in [0, 0.1) is 5.92 Å². The van der Waals surface area contributed by atoms with E-state index >= 15 is 0 Å². The lowest BCUT2D eigenvalue weighted by Crippen LogP contribution is -2.12. The first kappa shape index (κ1) is 13.1. The number of hydrogen-bond donors (Lipinski definition) is 1. The van der Waals surface area contributed by atoms with Crippen LogP contribution in [-0.2, 0) is 4.79 Å². The highest BCUT2D eigenvalue weighted by atomic mass is 16.1. The van der Waals surface area contributed by atoms with E-state index in [1.54, 1.807) is 0 Å². The normalized spacial score (nSPS) is 17.6. The highest BCUT2D eigenvalue weighted by Gasteiger charge is 2.24. The first-order valence-corrected chi connectivity index (χ1v) is 7.09. The van der Waals surface area contributed by atoms with Crippen LogP contribution in [0.4, 0.5) is 5.69 Å². The lowest BCUT2D eigenvalue weighted by Gasteiger charge is -2.13. The fourth-order valence-corrected chi connectivity index (χ4v) is 2.80. The number of Topliss-reactive ketones (excluding diaryl/α,β-unsaturated/α-hetero) is 1. The molecule has 1 N–H and O–H groups in total. The second-order valence-electron chi connectivity index (χ2n) is 5.29. The number of rotatable bonds is 6. The summed E-state index contributed by atoms with van der Waals surface area (Å²) in [7, 11) is 0. The molecular formula is C16H23NO. The van der Waals surface area contributed by atoms with Gasteiger partial charge >= 0.3 is 0 Å². The number of hydrogen-bond acceptors (Lipinski definition) is 2. The molecule has 0 radical (unpaired) electrons. The van der Waals surface area contributed by atoms with Crippen molar-refractivity contribution in [3.05, 3.63) is 29.8 Å². The molecule has 0 aromatic heterocycles. The molecule has 18 heavy (non-hydrogen) atoms. The molecule has 2 nitrogen and oxygen atoms in total. The van der Waals surface area contributed by atoms with E-state index in [0.29, 0.717) is 24.0 Å². The van der Waals surface area contributed by atoms with Crippen LogP contribution < -0.4 is 5.32 Å². The zero-order chi connectivity index (χ0) is 13.0. The summed E-state index contributed by atoms with van der Waals surface area (Å²) in [4.78, 5) is 12.1. The van der Waals surface area contributed by atoms with E-state index in [-0.39, 0.29) is 0 Å². The maximum absolute atomic E-state index is 12.1. The SMILES string of the molecule is CCC(CC)CC(=O)CC1CNc2ccccc21. The van der Waals surface area contributed by atoms with Gasteiger partial charge in [0.05, 0.1) is 0 Å². The summed E-state index contributed by atoms with van der Waals surface area (Å²) in [5.41, 5.74) is 2.52. The van der Waals surface area contributed by atoms with Gasteiger partial charge in [-0.2, -0.15) is 0 Å². The number of carbonyl (C=O) groups excluding carboxylic acids is 1. The Balaban J connectivity index is 1.93.